The van der Waals surface area contributed by atoms with E-state index in [0.717, 1.165) is 39.5 Å². The lowest BCUT2D eigenvalue weighted by atomic mass is 9.92. The molecule has 2 aliphatic heterocycles. The van der Waals surface area contributed by atoms with E-state index >= 15 is 0 Å². The molecule has 2 fully saturated rings. The number of Topliss-reactive ketones (excluding diaryl/α,β-unsaturated/α-hetero) is 1. The van der Waals surface area contributed by atoms with Gasteiger partial charge in [-0.15, -0.1) is 62.9 Å². The summed E-state index contributed by atoms with van der Waals surface area (Å²) in [5.41, 5.74) is 19.7. The van der Waals surface area contributed by atoms with Crippen LogP contribution in [0.5, 0.6) is 23.0 Å². The summed E-state index contributed by atoms with van der Waals surface area (Å²) in [5.74, 6) is 12.4. The second-order valence-electron chi connectivity index (χ2n) is 20.0. The van der Waals surface area contributed by atoms with Gasteiger partial charge in [0, 0.05) is 34.9 Å². The quantitative estimate of drug-likeness (QED) is 0.0462. The van der Waals surface area contributed by atoms with Crippen LogP contribution in [0.25, 0.3) is 0 Å². The molecule has 2 heterocycles. The molecule has 0 unspecified atom stereocenters. The molecule has 0 aliphatic carbocycles. The van der Waals surface area contributed by atoms with E-state index in [4.69, 9.17) is 61.2 Å². The molecule has 6 rings (SSSR count). The third-order valence-corrected chi connectivity index (χ3v) is 12.0. The highest BCUT2D eigenvalue weighted by Gasteiger charge is 2.43. The van der Waals surface area contributed by atoms with Gasteiger partial charge in [0.1, 0.15) is 61.3 Å². The first-order chi connectivity index (χ1) is 39.4. The Balaban J connectivity index is -0.000000497. The van der Waals surface area contributed by atoms with Crippen molar-refractivity contribution in [2.75, 3.05) is 75.5 Å². The monoisotopic (exact) mass is 1250 g/mol. The highest BCUT2D eigenvalue weighted by molar-refractivity contribution is 5.86. The number of nitrogens with two attached hydrogens (primary N) is 3. The lowest BCUT2D eigenvalue weighted by Crippen LogP contribution is -2.45. The summed E-state index contributed by atoms with van der Waals surface area (Å²) in [7, 11) is 9.76. The molecule has 0 radical (unpaired) electrons. The highest BCUT2D eigenvalue weighted by atomic mass is 35.5. The van der Waals surface area contributed by atoms with Gasteiger partial charge in [0.25, 0.3) is 0 Å². The Morgan fingerprint density at radius 3 is 1.17 bits per heavy atom. The molecular formula is C65H94Cl3N7O11. The molecular weight excluding hydrogens is 1160 g/mol. The van der Waals surface area contributed by atoms with Crippen LogP contribution in [0.1, 0.15) is 70.7 Å². The van der Waals surface area contributed by atoms with Crippen LogP contribution in [0, 0.1) is 54.8 Å². The second-order valence-corrected chi connectivity index (χ2v) is 20.0. The predicted molar refractivity (Wildman–Crippen MR) is 351 cm³/mol. The van der Waals surface area contributed by atoms with E-state index in [9.17, 15) is 19.2 Å². The Kier molecular flexibility index (Phi) is 46.9. The molecule has 4 aromatic rings. The summed E-state index contributed by atoms with van der Waals surface area (Å²) >= 11 is 0. The molecule has 0 spiro atoms. The smallest absolute Gasteiger partial charge is 0.322 e. The van der Waals surface area contributed by atoms with Gasteiger partial charge in [-0.3, -0.25) is 29.8 Å². The SMILES string of the molecule is C#CCOc1ccc(C[C@@H]2NC(C)(C)N(C)C2=O)cc1.C#CCOc1ccc(C[C@@H]2N[C@H](C(C)(C)C)N(C)C2=O)cc1.C#CCOc1ccc(C[C@H](N)C(=O)OC)cc1.C#CCOc1ccc(C[C@H](N)C(C)=O)cc1.CCO.CN.COC.Cl.Cl.Cl. The number of likely N-dealkylation sites (N-methyl/N-ethyl adjacent to an activating group) is 2. The number of hydrogen-bond donors (Lipinski definition) is 6. The van der Waals surface area contributed by atoms with E-state index in [1.807, 2.05) is 118 Å². The van der Waals surface area contributed by atoms with Crippen LogP contribution in [-0.2, 0) is 54.3 Å². The molecule has 4 aromatic carbocycles. The first-order valence-electron chi connectivity index (χ1n) is 26.8. The second kappa shape index (κ2) is 47.2. The number of carbonyl (C=O) groups excluding carboxylic acids is 4. The Hall–Kier alpha value is -7.01. The minimum Gasteiger partial charge on any atom is -0.481 e. The summed E-state index contributed by atoms with van der Waals surface area (Å²) in [6, 6.07) is 28.7. The Labute approximate surface area is 531 Å². The van der Waals surface area contributed by atoms with Crippen LogP contribution in [0.2, 0.25) is 0 Å². The minimum absolute atomic E-state index is 0. The number of methoxy groups -OCH3 is 2. The number of nitrogens with zero attached hydrogens (tertiary/aromatic N) is 2. The van der Waals surface area contributed by atoms with Gasteiger partial charge >= 0.3 is 5.97 Å². The van der Waals surface area contributed by atoms with Crippen molar-refractivity contribution < 1.29 is 52.7 Å². The summed E-state index contributed by atoms with van der Waals surface area (Å²) in [4.78, 5) is 50.2. The lowest BCUT2D eigenvalue weighted by Gasteiger charge is -2.32. The molecule has 9 N–H and O–H groups in total. The molecule has 21 heteroatoms. The van der Waals surface area contributed by atoms with E-state index < -0.39 is 18.1 Å². The number of aliphatic hydroxyl groups excluding tert-OH is 1. The maximum atomic E-state index is 12.4. The largest absolute Gasteiger partial charge is 0.481 e. The maximum absolute atomic E-state index is 12.4. The fraction of sp³-hybridized carbons (Fsp3) is 0.446. The van der Waals surface area contributed by atoms with Gasteiger partial charge in [0.05, 0.1) is 37.1 Å². The van der Waals surface area contributed by atoms with Crippen LogP contribution in [0.15, 0.2) is 97.1 Å². The van der Waals surface area contributed by atoms with Gasteiger partial charge < -0.3 is 60.5 Å². The van der Waals surface area contributed by atoms with Crippen molar-refractivity contribution in [1.82, 2.24) is 20.4 Å². The number of amides is 2. The zero-order valence-corrected chi connectivity index (χ0v) is 54.6. The van der Waals surface area contributed by atoms with Gasteiger partial charge in [0.15, 0.2) is 0 Å². The fourth-order valence-corrected chi connectivity index (χ4v) is 7.70. The van der Waals surface area contributed by atoms with Crippen molar-refractivity contribution in [3.05, 3.63) is 119 Å². The number of hydrogen-bond acceptors (Lipinski definition) is 16. The van der Waals surface area contributed by atoms with Crippen LogP contribution in [-0.4, -0.2) is 150 Å². The fourth-order valence-electron chi connectivity index (χ4n) is 7.70. The van der Waals surface area contributed by atoms with Crippen LogP contribution in [0.4, 0.5) is 0 Å². The first-order valence-corrected chi connectivity index (χ1v) is 26.8. The van der Waals surface area contributed by atoms with Crippen molar-refractivity contribution in [3.63, 3.8) is 0 Å². The van der Waals surface area contributed by atoms with Gasteiger partial charge in [-0.1, -0.05) is 93.0 Å². The van der Waals surface area contributed by atoms with E-state index in [2.05, 4.69) is 70.3 Å². The normalized spacial score (nSPS) is 15.3. The first kappa shape index (κ1) is 85.4. The molecule has 18 nitrogen and oxygen atoms in total. The zero-order valence-electron chi connectivity index (χ0n) is 52.2. The molecule has 2 aliphatic rings. The summed E-state index contributed by atoms with van der Waals surface area (Å²) in [6.45, 7) is 14.9. The number of aliphatic hydroxyl groups is 1. The molecule has 2 amide bonds. The number of terminal acetylenes is 4. The predicted octanol–water partition coefficient (Wildman–Crippen LogP) is 6.45. The third kappa shape index (κ3) is 33.0. The van der Waals surface area contributed by atoms with Gasteiger partial charge in [-0.25, -0.2) is 0 Å². The highest BCUT2D eigenvalue weighted by Crippen LogP contribution is 2.28. The lowest BCUT2D eigenvalue weighted by molar-refractivity contribution is -0.142. The number of benzene rings is 4. The van der Waals surface area contributed by atoms with Crippen molar-refractivity contribution in [3.8, 4) is 72.4 Å². The number of ether oxygens (including phenoxy) is 6. The molecule has 86 heavy (non-hydrogen) atoms. The summed E-state index contributed by atoms with van der Waals surface area (Å²) in [5, 5.41) is 14.4. The standard InChI is InChI=1S/C18H24N2O2.C16H20N2O2.C13H15NO3.C13H15NO2.2C2H6O.CH5N.3ClH/c1-6-11-22-14-9-7-13(8-10-14)12-15-16(21)20(5)17(19-15)18(2,3)4;1-5-10-20-13-8-6-12(7-9-13)11-14-15(19)18(4)16(2,3)17-14;1-3-8-17-11-6-4-10(5-7-11)9-12(14)13(15)16-2;1-3-8-16-12-6-4-11(5-7-12)9-13(14)10(2)15;1-3-2;1-2-3;1-2;;;/h1,7-10,15,17,19H,11-12H2,2-5H3;1,6-9,14,17H,10-11H2,2-4H3;1,4-7,12H,8-9,14H2,2H3;1,4-7,13H,8-9,14H2,2H3;1-2H3;3H,2H2,1H3;2H2,1H3;3*1H/t15-,17-;14-;12-;13-;;;;;;/m0000....../s1. The van der Waals surface area contributed by atoms with Crippen molar-refractivity contribution in [2.45, 2.75) is 110 Å². The molecule has 0 aromatic heterocycles. The maximum Gasteiger partial charge on any atom is 0.322 e. The topological polar surface area (TPSA) is 252 Å². The van der Waals surface area contributed by atoms with Crippen LogP contribution < -0.4 is 46.8 Å². The molecule has 2 saturated heterocycles. The van der Waals surface area contributed by atoms with Crippen molar-refractivity contribution >= 4 is 60.8 Å². The summed E-state index contributed by atoms with van der Waals surface area (Å²) in [6.07, 6.45) is 22.8. The Morgan fingerprint density at radius 2 is 0.919 bits per heavy atom. The van der Waals surface area contributed by atoms with Crippen molar-refractivity contribution in [2.24, 2.45) is 22.6 Å². The zero-order chi connectivity index (χ0) is 63.1. The van der Waals surface area contributed by atoms with Gasteiger partial charge in [-0.05, 0) is 137 Å². The average Bonchev–Trinajstić information content (AvgIpc) is 2.92. The van der Waals surface area contributed by atoms with Crippen molar-refractivity contribution in [1.29, 1.82) is 0 Å². The van der Waals surface area contributed by atoms with E-state index in [1.54, 1.807) is 38.2 Å². The van der Waals surface area contributed by atoms with E-state index in [1.165, 1.54) is 21.1 Å². The third-order valence-electron chi connectivity index (χ3n) is 12.0. The molecule has 476 valence electrons. The Morgan fingerprint density at radius 1 is 0.616 bits per heavy atom. The number of rotatable bonds is 18. The molecule has 0 bridgehead atoms. The van der Waals surface area contributed by atoms with E-state index in [-0.39, 0.29) is 117 Å². The number of carbonyl (C=O) groups is 4. The average molecular weight is 1260 g/mol. The van der Waals surface area contributed by atoms with E-state index in [0.29, 0.717) is 31.4 Å². The number of ketones is 1. The number of halogens is 3. The minimum atomic E-state index is -0.641. The molecule has 0 saturated carbocycles. The van der Waals surface area contributed by atoms with Crippen LogP contribution >= 0.6 is 37.2 Å². The number of nitrogens with one attached hydrogen (secondary N) is 2. The van der Waals surface area contributed by atoms with Gasteiger partial charge in [-0.2, -0.15) is 0 Å². The van der Waals surface area contributed by atoms with Crippen LogP contribution in [0.3, 0.4) is 0 Å². The Bertz CT molecular complexity index is 2680. The van der Waals surface area contributed by atoms with Gasteiger partial charge in [0.2, 0.25) is 11.8 Å². The molecule has 5 atom stereocenters. The summed E-state index contributed by atoms with van der Waals surface area (Å²) < 4.78 is 29.9. The number of esters is 1.